The highest BCUT2D eigenvalue weighted by molar-refractivity contribution is 5.61. The van der Waals surface area contributed by atoms with Crippen LogP contribution in [0.25, 0.3) is 11.3 Å². The van der Waals surface area contributed by atoms with Crippen molar-refractivity contribution in [1.29, 1.82) is 5.26 Å². The number of aryl methyl sites for hydroxylation is 1. The van der Waals surface area contributed by atoms with Crippen LogP contribution in [0.15, 0.2) is 30.7 Å². The molecule has 2 heterocycles. The Morgan fingerprint density at radius 2 is 2.35 bits per heavy atom. The van der Waals surface area contributed by atoms with Gasteiger partial charge in [0, 0.05) is 29.7 Å². The van der Waals surface area contributed by atoms with E-state index in [9.17, 15) is 4.39 Å². The van der Waals surface area contributed by atoms with Crippen LogP contribution in [0.3, 0.4) is 0 Å². The van der Waals surface area contributed by atoms with Crippen molar-refractivity contribution in [2.75, 3.05) is 6.67 Å². The molecule has 0 spiro atoms. The van der Waals surface area contributed by atoms with Gasteiger partial charge < -0.3 is 0 Å². The molecular formula is C12H11FN4. The molecule has 0 amide bonds. The van der Waals surface area contributed by atoms with Crippen molar-refractivity contribution in [1.82, 2.24) is 14.8 Å². The summed E-state index contributed by atoms with van der Waals surface area (Å²) in [5, 5.41) is 13.0. The summed E-state index contributed by atoms with van der Waals surface area (Å²) in [5.74, 6) is 0. The van der Waals surface area contributed by atoms with E-state index in [2.05, 4.69) is 16.2 Å². The van der Waals surface area contributed by atoms with E-state index in [1.165, 1.54) is 4.68 Å². The fourth-order valence-corrected chi connectivity index (χ4v) is 1.62. The van der Waals surface area contributed by atoms with E-state index in [-0.39, 0.29) is 13.0 Å². The molecule has 0 aliphatic rings. The zero-order chi connectivity index (χ0) is 12.1. The summed E-state index contributed by atoms with van der Waals surface area (Å²) < 4.78 is 13.8. The minimum absolute atomic E-state index is 0.207. The maximum atomic E-state index is 12.3. The second-order valence-electron chi connectivity index (χ2n) is 3.53. The number of pyridine rings is 1. The first-order valence-corrected chi connectivity index (χ1v) is 5.25. The molecule has 17 heavy (non-hydrogen) atoms. The third-order valence-electron chi connectivity index (χ3n) is 2.36. The van der Waals surface area contributed by atoms with Gasteiger partial charge in [0.05, 0.1) is 24.7 Å². The fourth-order valence-electron chi connectivity index (χ4n) is 1.62. The van der Waals surface area contributed by atoms with Gasteiger partial charge in [-0.3, -0.25) is 9.67 Å². The number of alkyl halides is 1. The highest BCUT2D eigenvalue weighted by atomic mass is 19.1. The molecule has 2 aromatic rings. The Kier molecular flexibility index (Phi) is 3.46. The summed E-state index contributed by atoms with van der Waals surface area (Å²) in [7, 11) is 0. The number of aromatic nitrogens is 3. The Labute approximate surface area is 98.3 Å². The van der Waals surface area contributed by atoms with Crippen LogP contribution in [0.4, 0.5) is 4.39 Å². The Hall–Kier alpha value is -2.22. The predicted octanol–water partition coefficient (Wildman–Crippen LogP) is 1.98. The zero-order valence-electron chi connectivity index (χ0n) is 9.17. The molecule has 0 N–H and O–H groups in total. The van der Waals surface area contributed by atoms with E-state index >= 15 is 0 Å². The molecule has 86 valence electrons. The second-order valence-corrected chi connectivity index (χ2v) is 3.53. The lowest BCUT2D eigenvalue weighted by atomic mass is 10.1. The van der Waals surface area contributed by atoms with Crippen LogP contribution in [0.1, 0.15) is 5.56 Å². The van der Waals surface area contributed by atoms with Gasteiger partial charge in [0.15, 0.2) is 0 Å². The standard InChI is InChI=1S/C12H11FN4/c13-4-7-17-9-11(3-5-14)12(16-17)10-2-1-6-15-8-10/h1-2,6,8-9H,3-4,7H2. The highest BCUT2D eigenvalue weighted by Gasteiger charge is 2.10. The number of rotatable bonds is 4. The number of nitrogens with zero attached hydrogens (tertiary/aromatic N) is 4. The zero-order valence-corrected chi connectivity index (χ0v) is 9.17. The second kappa shape index (κ2) is 5.21. The van der Waals surface area contributed by atoms with E-state index in [0.29, 0.717) is 5.69 Å². The number of hydrogen-bond donors (Lipinski definition) is 0. The van der Waals surface area contributed by atoms with Gasteiger partial charge in [0.2, 0.25) is 0 Å². The van der Waals surface area contributed by atoms with Crippen LogP contribution in [-0.4, -0.2) is 21.4 Å². The van der Waals surface area contributed by atoms with Gasteiger partial charge in [-0.25, -0.2) is 4.39 Å². The quantitative estimate of drug-likeness (QED) is 0.807. The monoisotopic (exact) mass is 230 g/mol. The van der Waals surface area contributed by atoms with Gasteiger partial charge in [-0.2, -0.15) is 10.4 Å². The van der Waals surface area contributed by atoms with E-state index < -0.39 is 6.67 Å². The molecule has 4 nitrogen and oxygen atoms in total. The minimum atomic E-state index is -0.472. The molecule has 0 aromatic carbocycles. The summed E-state index contributed by atoms with van der Waals surface area (Å²) in [6.45, 7) is -0.265. The van der Waals surface area contributed by atoms with Crippen molar-refractivity contribution in [2.45, 2.75) is 13.0 Å². The molecular weight excluding hydrogens is 219 g/mol. The summed E-state index contributed by atoms with van der Waals surface area (Å²) in [4.78, 5) is 4.01. The molecule has 0 unspecified atom stereocenters. The summed E-state index contributed by atoms with van der Waals surface area (Å²) >= 11 is 0. The van der Waals surface area contributed by atoms with Crippen LogP contribution in [-0.2, 0) is 13.0 Å². The molecule has 0 aliphatic heterocycles. The van der Waals surface area contributed by atoms with Crippen molar-refractivity contribution < 1.29 is 4.39 Å². The van der Waals surface area contributed by atoms with Crippen LogP contribution in [0, 0.1) is 11.3 Å². The maximum Gasteiger partial charge on any atom is 0.109 e. The Balaban J connectivity index is 2.41. The molecule has 0 aliphatic carbocycles. The lowest BCUT2D eigenvalue weighted by Gasteiger charge is -1.97. The van der Waals surface area contributed by atoms with Crippen molar-refractivity contribution in [3.05, 3.63) is 36.3 Å². The largest absolute Gasteiger partial charge is 0.269 e. The van der Waals surface area contributed by atoms with Crippen molar-refractivity contribution in [2.24, 2.45) is 0 Å². The lowest BCUT2D eigenvalue weighted by molar-refractivity contribution is 0.427. The number of nitriles is 1. The third-order valence-corrected chi connectivity index (χ3v) is 2.36. The molecule has 0 saturated carbocycles. The van der Waals surface area contributed by atoms with Gasteiger partial charge in [-0.1, -0.05) is 0 Å². The minimum Gasteiger partial charge on any atom is -0.269 e. The van der Waals surface area contributed by atoms with Crippen molar-refractivity contribution in [3.63, 3.8) is 0 Å². The van der Waals surface area contributed by atoms with Gasteiger partial charge in [-0.05, 0) is 12.1 Å². The molecule has 0 saturated heterocycles. The molecule has 5 heteroatoms. The van der Waals surface area contributed by atoms with E-state index in [4.69, 9.17) is 5.26 Å². The number of halogens is 1. The smallest absolute Gasteiger partial charge is 0.109 e. The SMILES string of the molecule is N#CCc1cn(CCF)nc1-c1cccnc1. The van der Waals surface area contributed by atoms with Crippen molar-refractivity contribution in [3.8, 4) is 17.3 Å². The van der Waals surface area contributed by atoms with Crippen molar-refractivity contribution >= 4 is 0 Å². The highest BCUT2D eigenvalue weighted by Crippen LogP contribution is 2.21. The summed E-state index contributed by atoms with van der Waals surface area (Å²) in [5.41, 5.74) is 2.34. The number of hydrogen-bond acceptors (Lipinski definition) is 3. The first-order valence-electron chi connectivity index (χ1n) is 5.25. The van der Waals surface area contributed by atoms with Crippen LogP contribution in [0.2, 0.25) is 0 Å². The van der Waals surface area contributed by atoms with E-state index in [1.54, 1.807) is 24.7 Å². The van der Waals surface area contributed by atoms with E-state index in [1.807, 2.05) is 6.07 Å². The lowest BCUT2D eigenvalue weighted by Crippen LogP contribution is -1.99. The maximum absolute atomic E-state index is 12.3. The Morgan fingerprint density at radius 1 is 1.47 bits per heavy atom. The van der Waals surface area contributed by atoms with Gasteiger partial charge in [0.1, 0.15) is 6.67 Å². The molecule has 2 aromatic heterocycles. The predicted molar refractivity (Wildman–Crippen MR) is 60.8 cm³/mol. The van der Waals surface area contributed by atoms with Gasteiger partial charge in [-0.15, -0.1) is 0 Å². The molecule has 0 bridgehead atoms. The van der Waals surface area contributed by atoms with Crippen LogP contribution in [0.5, 0.6) is 0 Å². The summed E-state index contributed by atoms with van der Waals surface area (Å²) in [6.07, 6.45) is 5.33. The Morgan fingerprint density at radius 3 is 3.00 bits per heavy atom. The summed E-state index contributed by atoms with van der Waals surface area (Å²) in [6, 6.07) is 5.76. The van der Waals surface area contributed by atoms with Gasteiger partial charge in [0.25, 0.3) is 0 Å². The van der Waals surface area contributed by atoms with Crippen LogP contribution < -0.4 is 0 Å². The van der Waals surface area contributed by atoms with Gasteiger partial charge >= 0.3 is 0 Å². The Bertz CT molecular complexity index is 527. The van der Waals surface area contributed by atoms with E-state index in [0.717, 1.165) is 11.1 Å². The first kappa shape index (κ1) is 11.3. The molecule has 0 fully saturated rings. The molecule has 2 rings (SSSR count). The molecule has 0 radical (unpaired) electrons. The average Bonchev–Trinajstić information content (AvgIpc) is 2.74. The topological polar surface area (TPSA) is 54.5 Å². The average molecular weight is 230 g/mol. The third kappa shape index (κ3) is 2.48. The fraction of sp³-hybridized carbons (Fsp3) is 0.250. The molecule has 0 atom stereocenters. The van der Waals surface area contributed by atoms with Crippen LogP contribution >= 0.6 is 0 Å². The normalized spacial score (nSPS) is 10.1. The first-order chi connectivity index (χ1) is 8.35.